The van der Waals surface area contributed by atoms with Gasteiger partial charge in [-0.2, -0.15) is 13.2 Å². The standard InChI is InChI=1S/C19H16ClF3N4OS/c1-11-3-6-16(12(2)7-11)27-10-24-26-18(27)29-9-17(28)25-15-5-4-13(20)8-14(15)19(21,22)23/h3-8,10H,9H2,1-2H3,(H,25,28). The van der Waals surface area contributed by atoms with Gasteiger partial charge in [-0.15, -0.1) is 10.2 Å². The summed E-state index contributed by atoms with van der Waals surface area (Å²) in [4.78, 5) is 12.2. The molecule has 0 saturated carbocycles. The molecule has 0 aliphatic rings. The van der Waals surface area contributed by atoms with Crippen molar-refractivity contribution in [2.24, 2.45) is 0 Å². The topological polar surface area (TPSA) is 59.8 Å². The van der Waals surface area contributed by atoms with Crippen LogP contribution in [0.3, 0.4) is 0 Å². The Hall–Kier alpha value is -2.52. The van der Waals surface area contributed by atoms with E-state index in [1.807, 2.05) is 32.0 Å². The number of aromatic nitrogens is 3. The molecule has 152 valence electrons. The number of alkyl halides is 3. The number of thioether (sulfide) groups is 1. The number of hydrogen-bond donors (Lipinski definition) is 1. The quantitative estimate of drug-likeness (QED) is 0.548. The molecule has 0 unspecified atom stereocenters. The van der Waals surface area contributed by atoms with Crippen molar-refractivity contribution >= 4 is 35.0 Å². The maximum absolute atomic E-state index is 13.2. The van der Waals surface area contributed by atoms with Crippen LogP contribution in [0.4, 0.5) is 18.9 Å². The number of halogens is 4. The van der Waals surface area contributed by atoms with E-state index in [9.17, 15) is 18.0 Å². The fourth-order valence-corrected chi connectivity index (χ4v) is 3.63. The fraction of sp³-hybridized carbons (Fsp3) is 0.211. The Morgan fingerprint density at radius 2 is 1.97 bits per heavy atom. The molecular formula is C19H16ClF3N4OS. The summed E-state index contributed by atoms with van der Waals surface area (Å²) in [5.41, 5.74) is 1.63. The highest BCUT2D eigenvalue weighted by Crippen LogP contribution is 2.36. The zero-order valence-electron chi connectivity index (χ0n) is 15.4. The Kier molecular flexibility index (Phi) is 6.18. The maximum Gasteiger partial charge on any atom is 0.418 e. The molecule has 0 fully saturated rings. The second kappa shape index (κ2) is 8.46. The summed E-state index contributed by atoms with van der Waals surface area (Å²) in [5, 5.41) is 10.6. The van der Waals surface area contributed by atoms with Gasteiger partial charge in [0.2, 0.25) is 5.91 Å². The van der Waals surface area contributed by atoms with Crippen molar-refractivity contribution < 1.29 is 18.0 Å². The molecule has 1 amide bonds. The van der Waals surface area contributed by atoms with Crippen LogP contribution >= 0.6 is 23.4 Å². The van der Waals surface area contributed by atoms with E-state index in [0.29, 0.717) is 5.16 Å². The normalized spacial score (nSPS) is 11.5. The summed E-state index contributed by atoms with van der Waals surface area (Å²) in [6.07, 6.45) is -3.11. The molecule has 3 aromatic rings. The summed E-state index contributed by atoms with van der Waals surface area (Å²) >= 11 is 6.73. The van der Waals surface area contributed by atoms with E-state index in [4.69, 9.17) is 11.6 Å². The van der Waals surface area contributed by atoms with Gasteiger partial charge >= 0.3 is 6.18 Å². The molecule has 29 heavy (non-hydrogen) atoms. The first-order chi connectivity index (χ1) is 13.6. The molecule has 0 bridgehead atoms. The van der Waals surface area contributed by atoms with E-state index in [1.54, 1.807) is 4.57 Å². The molecule has 1 aromatic heterocycles. The third-order valence-electron chi connectivity index (χ3n) is 4.02. The average Bonchev–Trinajstić information content (AvgIpc) is 3.09. The van der Waals surface area contributed by atoms with Crippen molar-refractivity contribution in [3.8, 4) is 5.69 Å². The van der Waals surface area contributed by atoms with Gasteiger partial charge in [0.15, 0.2) is 5.16 Å². The average molecular weight is 441 g/mol. The van der Waals surface area contributed by atoms with Crippen molar-refractivity contribution in [2.45, 2.75) is 25.2 Å². The predicted molar refractivity (Wildman–Crippen MR) is 107 cm³/mol. The molecule has 0 spiro atoms. The van der Waals surface area contributed by atoms with Gasteiger partial charge in [-0.1, -0.05) is 41.1 Å². The molecule has 2 aromatic carbocycles. The molecule has 10 heteroatoms. The van der Waals surface area contributed by atoms with E-state index in [1.165, 1.54) is 12.4 Å². The zero-order valence-corrected chi connectivity index (χ0v) is 17.0. The Balaban J connectivity index is 1.73. The lowest BCUT2D eigenvalue weighted by atomic mass is 10.1. The summed E-state index contributed by atoms with van der Waals surface area (Å²) in [6.45, 7) is 3.93. The van der Waals surface area contributed by atoms with Crippen LogP contribution < -0.4 is 5.32 Å². The van der Waals surface area contributed by atoms with Crippen LogP contribution in [0.1, 0.15) is 16.7 Å². The van der Waals surface area contributed by atoms with Gasteiger partial charge in [-0.05, 0) is 43.7 Å². The van der Waals surface area contributed by atoms with Crippen LogP contribution in [0.15, 0.2) is 47.9 Å². The maximum atomic E-state index is 13.2. The number of nitrogens with one attached hydrogen (secondary N) is 1. The molecule has 3 rings (SSSR count). The van der Waals surface area contributed by atoms with Crippen LogP contribution in [-0.4, -0.2) is 26.4 Å². The van der Waals surface area contributed by atoms with E-state index >= 15 is 0 Å². The number of benzene rings is 2. The number of amides is 1. The van der Waals surface area contributed by atoms with Gasteiger partial charge in [0.25, 0.3) is 0 Å². The van der Waals surface area contributed by atoms with Crippen LogP contribution in [0.5, 0.6) is 0 Å². The van der Waals surface area contributed by atoms with E-state index in [2.05, 4.69) is 15.5 Å². The second-order valence-corrected chi connectivity index (χ2v) is 7.68. The molecule has 0 saturated heterocycles. The number of rotatable bonds is 5. The summed E-state index contributed by atoms with van der Waals surface area (Å²) in [6, 6.07) is 9.07. The van der Waals surface area contributed by atoms with Crippen molar-refractivity contribution in [3.05, 3.63) is 64.4 Å². The van der Waals surface area contributed by atoms with E-state index < -0.39 is 17.6 Å². The minimum Gasteiger partial charge on any atom is -0.325 e. The SMILES string of the molecule is Cc1ccc(-n2cnnc2SCC(=O)Nc2ccc(Cl)cc2C(F)(F)F)c(C)c1. The van der Waals surface area contributed by atoms with Crippen molar-refractivity contribution in [2.75, 3.05) is 11.1 Å². The minimum absolute atomic E-state index is 0.0636. The van der Waals surface area contributed by atoms with Gasteiger partial charge in [0.05, 0.1) is 22.7 Å². The van der Waals surface area contributed by atoms with Crippen LogP contribution in [0.2, 0.25) is 5.02 Å². The smallest absolute Gasteiger partial charge is 0.325 e. The first-order valence-corrected chi connectivity index (χ1v) is 9.78. The third-order valence-corrected chi connectivity index (χ3v) is 5.20. The van der Waals surface area contributed by atoms with E-state index in [-0.39, 0.29) is 16.5 Å². The first-order valence-electron chi connectivity index (χ1n) is 8.42. The molecule has 0 radical (unpaired) electrons. The Morgan fingerprint density at radius 1 is 1.21 bits per heavy atom. The zero-order chi connectivity index (χ0) is 21.2. The highest BCUT2D eigenvalue weighted by molar-refractivity contribution is 7.99. The van der Waals surface area contributed by atoms with Crippen LogP contribution in [0.25, 0.3) is 5.69 Å². The predicted octanol–water partition coefficient (Wildman–Crippen LogP) is 5.29. The molecule has 0 aliphatic carbocycles. The number of aryl methyl sites for hydroxylation is 2. The summed E-state index contributed by atoms with van der Waals surface area (Å²) < 4.78 is 41.2. The van der Waals surface area contributed by atoms with Crippen LogP contribution in [0, 0.1) is 13.8 Å². The summed E-state index contributed by atoms with van der Waals surface area (Å²) in [7, 11) is 0. The third kappa shape index (κ3) is 5.10. The summed E-state index contributed by atoms with van der Waals surface area (Å²) in [5.74, 6) is -0.734. The molecule has 5 nitrogen and oxygen atoms in total. The number of anilines is 1. The molecule has 0 aliphatic heterocycles. The van der Waals surface area contributed by atoms with Gasteiger partial charge < -0.3 is 5.32 Å². The van der Waals surface area contributed by atoms with Crippen LogP contribution in [-0.2, 0) is 11.0 Å². The fourth-order valence-electron chi connectivity index (χ4n) is 2.74. The van der Waals surface area contributed by atoms with Crippen molar-refractivity contribution in [1.29, 1.82) is 0 Å². The van der Waals surface area contributed by atoms with Gasteiger partial charge in [-0.3, -0.25) is 9.36 Å². The van der Waals surface area contributed by atoms with Crippen molar-refractivity contribution in [3.63, 3.8) is 0 Å². The second-order valence-electron chi connectivity index (χ2n) is 6.30. The molecule has 0 atom stereocenters. The number of carbonyl (C=O) groups excluding carboxylic acids is 1. The Morgan fingerprint density at radius 3 is 2.66 bits per heavy atom. The number of hydrogen-bond acceptors (Lipinski definition) is 4. The largest absolute Gasteiger partial charge is 0.418 e. The lowest BCUT2D eigenvalue weighted by Crippen LogP contribution is -2.18. The van der Waals surface area contributed by atoms with Gasteiger partial charge in [0, 0.05) is 5.02 Å². The van der Waals surface area contributed by atoms with E-state index in [0.717, 1.165) is 40.7 Å². The monoisotopic (exact) mass is 440 g/mol. The minimum atomic E-state index is -4.64. The Bertz CT molecular complexity index is 1050. The number of carbonyl (C=O) groups is 1. The van der Waals surface area contributed by atoms with Gasteiger partial charge in [0.1, 0.15) is 6.33 Å². The van der Waals surface area contributed by atoms with Gasteiger partial charge in [-0.25, -0.2) is 0 Å². The Labute approximate surface area is 174 Å². The molecule has 1 N–H and O–H groups in total. The first kappa shape index (κ1) is 21.2. The molecular weight excluding hydrogens is 425 g/mol. The van der Waals surface area contributed by atoms with Crippen molar-refractivity contribution in [1.82, 2.24) is 14.8 Å². The lowest BCUT2D eigenvalue weighted by Gasteiger charge is -2.14. The molecule has 1 heterocycles. The highest BCUT2D eigenvalue weighted by atomic mass is 35.5. The number of nitrogens with zero attached hydrogens (tertiary/aromatic N) is 3. The lowest BCUT2D eigenvalue weighted by molar-refractivity contribution is -0.137. The highest BCUT2D eigenvalue weighted by Gasteiger charge is 2.34.